The summed E-state index contributed by atoms with van der Waals surface area (Å²) in [6, 6.07) is 11.5. The van der Waals surface area contributed by atoms with Gasteiger partial charge in [0.1, 0.15) is 0 Å². The highest BCUT2D eigenvalue weighted by molar-refractivity contribution is 5.93. The van der Waals surface area contributed by atoms with E-state index < -0.39 is 5.97 Å². The molecular formula is C13H13N3O3. The predicted octanol–water partition coefficient (Wildman–Crippen LogP) is 1.07. The third-order valence-corrected chi connectivity index (χ3v) is 2.09. The number of rotatable bonds is 2. The molecule has 0 atom stereocenters. The molecule has 19 heavy (non-hydrogen) atoms. The monoisotopic (exact) mass is 259 g/mol. The molecule has 0 aliphatic carbocycles. The van der Waals surface area contributed by atoms with Crippen molar-refractivity contribution in [1.29, 1.82) is 0 Å². The minimum atomic E-state index is -0.879. The van der Waals surface area contributed by atoms with Crippen molar-refractivity contribution in [3.63, 3.8) is 0 Å². The standard InChI is InChI=1S/C7H6O2.C6H7N3O/c8-7(9)6-4-2-1-3-5-6;7-9-6(10)5-1-3-8-4-2-5/h1-5H,(H,8,9);1-4H,7H2,(H,9,10). The lowest BCUT2D eigenvalue weighted by Crippen LogP contribution is -2.29. The molecule has 0 fully saturated rings. The number of aromatic carboxylic acids is 1. The second-order valence-corrected chi connectivity index (χ2v) is 3.38. The molecule has 2 aromatic rings. The Morgan fingerprint density at radius 2 is 1.58 bits per heavy atom. The summed E-state index contributed by atoms with van der Waals surface area (Å²) < 4.78 is 0. The normalized spacial score (nSPS) is 8.89. The third kappa shape index (κ3) is 4.97. The molecule has 0 saturated carbocycles. The summed E-state index contributed by atoms with van der Waals surface area (Å²) in [5.41, 5.74) is 2.86. The van der Waals surface area contributed by atoms with Crippen molar-refractivity contribution in [3.8, 4) is 0 Å². The van der Waals surface area contributed by atoms with Crippen LogP contribution in [0.4, 0.5) is 0 Å². The van der Waals surface area contributed by atoms with E-state index in [1.807, 2.05) is 5.43 Å². The number of hydrogen-bond donors (Lipinski definition) is 3. The highest BCUT2D eigenvalue weighted by atomic mass is 16.4. The molecule has 0 radical (unpaired) electrons. The molecule has 6 heteroatoms. The van der Waals surface area contributed by atoms with Gasteiger partial charge < -0.3 is 5.11 Å². The van der Waals surface area contributed by atoms with Crippen molar-refractivity contribution < 1.29 is 14.7 Å². The minimum absolute atomic E-state index is 0.303. The molecule has 0 spiro atoms. The van der Waals surface area contributed by atoms with Crippen LogP contribution in [0.5, 0.6) is 0 Å². The lowest BCUT2D eigenvalue weighted by molar-refractivity contribution is 0.0696. The van der Waals surface area contributed by atoms with Gasteiger partial charge in [0.15, 0.2) is 0 Å². The maximum atomic E-state index is 10.7. The summed E-state index contributed by atoms with van der Waals surface area (Å²) in [7, 11) is 0. The Morgan fingerprint density at radius 3 is 2.00 bits per heavy atom. The predicted molar refractivity (Wildman–Crippen MR) is 69.3 cm³/mol. The summed E-state index contributed by atoms with van der Waals surface area (Å²) in [5.74, 6) is 3.70. The number of carbonyl (C=O) groups is 2. The van der Waals surface area contributed by atoms with Crippen molar-refractivity contribution in [1.82, 2.24) is 10.4 Å². The molecule has 1 aromatic heterocycles. The number of nitrogens with two attached hydrogens (primary N) is 1. The first-order valence-electron chi connectivity index (χ1n) is 5.34. The Balaban J connectivity index is 0.000000191. The Morgan fingerprint density at radius 1 is 1.00 bits per heavy atom. The number of benzene rings is 1. The Hall–Kier alpha value is -2.73. The topological polar surface area (TPSA) is 105 Å². The second-order valence-electron chi connectivity index (χ2n) is 3.38. The van der Waals surface area contributed by atoms with Crippen molar-refractivity contribution in [2.75, 3.05) is 0 Å². The molecule has 0 unspecified atom stereocenters. The fourth-order valence-electron chi connectivity index (χ4n) is 1.17. The van der Waals surface area contributed by atoms with Crippen LogP contribution in [0, 0.1) is 0 Å². The fourth-order valence-corrected chi connectivity index (χ4v) is 1.17. The molecular weight excluding hydrogens is 246 g/mol. The maximum Gasteiger partial charge on any atom is 0.335 e. The van der Waals surface area contributed by atoms with E-state index in [1.54, 1.807) is 42.5 Å². The van der Waals surface area contributed by atoms with Crippen LogP contribution in [-0.4, -0.2) is 22.0 Å². The molecule has 1 amide bonds. The summed E-state index contributed by atoms with van der Waals surface area (Å²) >= 11 is 0. The van der Waals surface area contributed by atoms with Crippen LogP contribution in [-0.2, 0) is 0 Å². The van der Waals surface area contributed by atoms with Crippen LogP contribution in [0.3, 0.4) is 0 Å². The van der Waals surface area contributed by atoms with E-state index >= 15 is 0 Å². The van der Waals surface area contributed by atoms with E-state index in [-0.39, 0.29) is 5.91 Å². The molecule has 98 valence electrons. The largest absolute Gasteiger partial charge is 0.478 e. The molecule has 2 rings (SSSR count). The number of carboxylic acids is 1. The SMILES string of the molecule is NNC(=O)c1ccncc1.O=C(O)c1ccccc1. The van der Waals surface area contributed by atoms with Crippen LogP contribution in [0.1, 0.15) is 20.7 Å². The lowest BCUT2D eigenvalue weighted by Gasteiger charge is -1.95. The fraction of sp³-hybridized carbons (Fsp3) is 0. The van der Waals surface area contributed by atoms with E-state index in [4.69, 9.17) is 10.9 Å². The van der Waals surface area contributed by atoms with Crippen LogP contribution in [0.2, 0.25) is 0 Å². The van der Waals surface area contributed by atoms with Crippen LogP contribution in [0.25, 0.3) is 0 Å². The summed E-state index contributed by atoms with van der Waals surface area (Å²) in [5, 5.41) is 8.38. The Bertz CT molecular complexity index is 529. The minimum Gasteiger partial charge on any atom is -0.478 e. The van der Waals surface area contributed by atoms with E-state index in [9.17, 15) is 9.59 Å². The Kier molecular flexibility index (Phi) is 5.71. The smallest absolute Gasteiger partial charge is 0.335 e. The van der Waals surface area contributed by atoms with Crippen LogP contribution < -0.4 is 11.3 Å². The highest BCUT2D eigenvalue weighted by Gasteiger charge is 1.99. The number of amides is 1. The van der Waals surface area contributed by atoms with Crippen molar-refractivity contribution in [3.05, 3.63) is 66.0 Å². The number of nitrogens with one attached hydrogen (secondary N) is 1. The second kappa shape index (κ2) is 7.57. The van der Waals surface area contributed by atoms with Gasteiger partial charge in [0.25, 0.3) is 5.91 Å². The third-order valence-electron chi connectivity index (χ3n) is 2.09. The van der Waals surface area contributed by atoms with Gasteiger partial charge in [0, 0.05) is 18.0 Å². The number of carboxylic acid groups (broad SMARTS) is 1. The van der Waals surface area contributed by atoms with Crippen LogP contribution in [0.15, 0.2) is 54.9 Å². The quantitative estimate of drug-likeness (QED) is 0.425. The lowest BCUT2D eigenvalue weighted by atomic mass is 10.2. The van der Waals surface area contributed by atoms with E-state index in [0.29, 0.717) is 11.1 Å². The zero-order valence-electron chi connectivity index (χ0n) is 9.98. The number of aromatic nitrogens is 1. The average molecular weight is 259 g/mol. The van der Waals surface area contributed by atoms with Gasteiger partial charge in [-0.3, -0.25) is 15.2 Å². The van der Waals surface area contributed by atoms with Gasteiger partial charge in [0.05, 0.1) is 5.56 Å². The molecule has 0 aliphatic heterocycles. The molecule has 6 nitrogen and oxygen atoms in total. The first kappa shape index (κ1) is 14.3. The van der Waals surface area contributed by atoms with Crippen LogP contribution >= 0.6 is 0 Å². The summed E-state index contributed by atoms with van der Waals surface area (Å²) in [4.78, 5) is 24.7. The number of hydrogen-bond acceptors (Lipinski definition) is 4. The van der Waals surface area contributed by atoms with Gasteiger partial charge in [-0.2, -0.15) is 0 Å². The molecule has 0 aliphatic rings. The molecule has 4 N–H and O–H groups in total. The van der Waals surface area contributed by atoms with Gasteiger partial charge in [0.2, 0.25) is 0 Å². The number of pyridine rings is 1. The molecule has 1 heterocycles. The van der Waals surface area contributed by atoms with E-state index in [0.717, 1.165) is 0 Å². The summed E-state index contributed by atoms with van der Waals surface area (Å²) in [6.07, 6.45) is 3.06. The zero-order chi connectivity index (χ0) is 14.1. The van der Waals surface area contributed by atoms with Gasteiger partial charge in [-0.1, -0.05) is 18.2 Å². The van der Waals surface area contributed by atoms with Gasteiger partial charge in [-0.25, -0.2) is 10.6 Å². The number of nitrogens with zero attached hydrogens (tertiary/aromatic N) is 1. The first-order valence-corrected chi connectivity index (χ1v) is 5.34. The summed E-state index contributed by atoms with van der Waals surface area (Å²) in [6.45, 7) is 0. The number of nitrogen functional groups attached to an aromatic ring is 1. The Labute approximate surface area is 109 Å². The van der Waals surface area contributed by atoms with E-state index in [1.165, 1.54) is 12.4 Å². The number of hydrazine groups is 1. The average Bonchev–Trinajstić information content (AvgIpc) is 2.49. The zero-order valence-corrected chi connectivity index (χ0v) is 9.98. The van der Waals surface area contributed by atoms with E-state index in [2.05, 4.69) is 4.98 Å². The molecule has 0 bridgehead atoms. The van der Waals surface area contributed by atoms with Gasteiger partial charge >= 0.3 is 5.97 Å². The highest BCUT2D eigenvalue weighted by Crippen LogP contribution is 1.96. The van der Waals surface area contributed by atoms with Crippen molar-refractivity contribution in [2.24, 2.45) is 5.84 Å². The first-order chi connectivity index (χ1) is 9.15. The number of carbonyl (C=O) groups excluding carboxylic acids is 1. The maximum absolute atomic E-state index is 10.7. The van der Waals surface area contributed by atoms with Gasteiger partial charge in [-0.05, 0) is 24.3 Å². The van der Waals surface area contributed by atoms with Crippen molar-refractivity contribution in [2.45, 2.75) is 0 Å². The molecule has 1 aromatic carbocycles. The molecule has 0 saturated heterocycles. The van der Waals surface area contributed by atoms with Gasteiger partial charge in [-0.15, -0.1) is 0 Å². The van der Waals surface area contributed by atoms with Crippen molar-refractivity contribution >= 4 is 11.9 Å².